The summed E-state index contributed by atoms with van der Waals surface area (Å²) in [6, 6.07) is 15.6. The molecular formula is C21H20N4O3S. The quantitative estimate of drug-likeness (QED) is 0.665. The highest BCUT2D eigenvalue weighted by Gasteiger charge is 2.31. The van der Waals surface area contributed by atoms with Gasteiger partial charge in [0.15, 0.2) is 0 Å². The molecule has 1 fully saturated rings. The van der Waals surface area contributed by atoms with E-state index in [1.807, 2.05) is 48.1 Å². The molecule has 1 aromatic heterocycles. The molecule has 0 spiro atoms. The van der Waals surface area contributed by atoms with Crippen molar-refractivity contribution in [3.8, 4) is 6.07 Å². The number of rotatable bonds is 3. The van der Waals surface area contributed by atoms with Crippen LogP contribution < -0.4 is 0 Å². The Kier molecular flexibility index (Phi) is 4.86. The summed E-state index contributed by atoms with van der Waals surface area (Å²) >= 11 is 0. The summed E-state index contributed by atoms with van der Waals surface area (Å²) < 4.78 is 29.0. The lowest BCUT2D eigenvalue weighted by Crippen LogP contribution is -2.50. The zero-order chi connectivity index (χ0) is 20.6. The lowest BCUT2D eigenvalue weighted by molar-refractivity contribution is 0.0699. The fourth-order valence-electron chi connectivity index (χ4n) is 3.66. The molecule has 0 bridgehead atoms. The highest BCUT2D eigenvalue weighted by atomic mass is 32.2. The number of nitriles is 1. The monoisotopic (exact) mass is 408 g/mol. The van der Waals surface area contributed by atoms with Crippen LogP contribution >= 0.6 is 0 Å². The fraction of sp³-hybridized carbons (Fsp3) is 0.238. The summed E-state index contributed by atoms with van der Waals surface area (Å²) in [5, 5.41) is 9.77. The second-order valence-corrected chi connectivity index (χ2v) is 8.94. The molecule has 0 unspecified atom stereocenters. The molecule has 0 atom stereocenters. The van der Waals surface area contributed by atoms with Crippen molar-refractivity contribution < 1.29 is 13.2 Å². The van der Waals surface area contributed by atoms with Crippen LogP contribution in [0.15, 0.2) is 59.6 Å². The molecule has 148 valence electrons. The number of para-hydroxylation sites is 1. The molecule has 0 N–H and O–H groups in total. The van der Waals surface area contributed by atoms with Gasteiger partial charge in [-0.2, -0.15) is 9.57 Å². The van der Waals surface area contributed by atoms with Crippen LogP contribution in [0.3, 0.4) is 0 Å². The van der Waals surface area contributed by atoms with Crippen molar-refractivity contribution in [2.24, 2.45) is 7.05 Å². The fourth-order valence-corrected chi connectivity index (χ4v) is 5.09. The van der Waals surface area contributed by atoms with Gasteiger partial charge < -0.3 is 9.47 Å². The van der Waals surface area contributed by atoms with Gasteiger partial charge in [-0.1, -0.05) is 18.2 Å². The maximum absolute atomic E-state index is 13.0. The number of hydrogen-bond acceptors (Lipinski definition) is 4. The molecule has 29 heavy (non-hydrogen) atoms. The summed E-state index contributed by atoms with van der Waals surface area (Å²) in [6.07, 6.45) is 1.83. The minimum absolute atomic E-state index is 0.0859. The molecule has 1 aliphatic rings. The lowest BCUT2D eigenvalue weighted by atomic mass is 10.1. The molecule has 0 saturated carbocycles. The summed E-state index contributed by atoms with van der Waals surface area (Å²) in [4.78, 5) is 14.9. The number of piperazine rings is 1. The number of fused-ring (bicyclic) bond motifs is 1. The van der Waals surface area contributed by atoms with E-state index in [0.717, 1.165) is 10.9 Å². The first-order valence-corrected chi connectivity index (χ1v) is 10.7. The van der Waals surface area contributed by atoms with Crippen molar-refractivity contribution in [1.29, 1.82) is 5.26 Å². The lowest BCUT2D eigenvalue weighted by Gasteiger charge is -2.34. The van der Waals surface area contributed by atoms with E-state index in [2.05, 4.69) is 0 Å². The molecule has 2 aromatic carbocycles. The van der Waals surface area contributed by atoms with Crippen molar-refractivity contribution in [1.82, 2.24) is 13.8 Å². The Morgan fingerprint density at radius 3 is 2.31 bits per heavy atom. The van der Waals surface area contributed by atoms with E-state index in [-0.39, 0.29) is 23.9 Å². The van der Waals surface area contributed by atoms with Gasteiger partial charge in [0.2, 0.25) is 10.0 Å². The number of carbonyl (C=O) groups excluding carboxylic acids is 1. The van der Waals surface area contributed by atoms with Gasteiger partial charge in [0.05, 0.1) is 22.1 Å². The van der Waals surface area contributed by atoms with Gasteiger partial charge in [-0.3, -0.25) is 4.79 Å². The van der Waals surface area contributed by atoms with Crippen molar-refractivity contribution >= 4 is 26.8 Å². The van der Waals surface area contributed by atoms with Gasteiger partial charge >= 0.3 is 0 Å². The van der Waals surface area contributed by atoms with E-state index < -0.39 is 10.0 Å². The summed E-state index contributed by atoms with van der Waals surface area (Å²) in [7, 11) is -1.75. The number of aromatic nitrogens is 1. The van der Waals surface area contributed by atoms with Crippen LogP contribution in [-0.4, -0.2) is 54.3 Å². The molecule has 2 heterocycles. The number of nitrogens with zero attached hydrogens (tertiary/aromatic N) is 4. The van der Waals surface area contributed by atoms with Crippen molar-refractivity contribution in [2.45, 2.75) is 4.90 Å². The normalized spacial score (nSPS) is 15.4. The van der Waals surface area contributed by atoms with Crippen LogP contribution in [-0.2, 0) is 17.1 Å². The van der Waals surface area contributed by atoms with E-state index in [1.54, 1.807) is 4.90 Å². The first kappa shape index (κ1) is 19.2. The topological polar surface area (TPSA) is 86.4 Å². The first-order chi connectivity index (χ1) is 13.9. The number of carbonyl (C=O) groups is 1. The van der Waals surface area contributed by atoms with Gasteiger partial charge in [0.25, 0.3) is 5.91 Å². The molecule has 1 aliphatic heterocycles. The number of amides is 1. The van der Waals surface area contributed by atoms with Crippen LogP contribution in [0.2, 0.25) is 0 Å². The summed E-state index contributed by atoms with van der Waals surface area (Å²) in [6.45, 7) is 1.13. The Hall–Kier alpha value is -3.15. The minimum Gasteiger partial charge on any atom is -0.350 e. The highest BCUT2D eigenvalue weighted by molar-refractivity contribution is 7.89. The second-order valence-electron chi connectivity index (χ2n) is 7.00. The van der Waals surface area contributed by atoms with Gasteiger partial charge in [-0.15, -0.1) is 0 Å². The molecule has 7 nitrogen and oxygen atoms in total. The Morgan fingerprint density at radius 2 is 1.66 bits per heavy atom. The summed E-state index contributed by atoms with van der Waals surface area (Å²) in [5.74, 6) is -0.0859. The van der Waals surface area contributed by atoms with Crippen LogP contribution in [0.25, 0.3) is 10.9 Å². The van der Waals surface area contributed by atoms with Crippen molar-refractivity contribution in [2.75, 3.05) is 26.2 Å². The van der Waals surface area contributed by atoms with Crippen LogP contribution in [0.5, 0.6) is 0 Å². The van der Waals surface area contributed by atoms with Gasteiger partial charge in [-0.25, -0.2) is 8.42 Å². The third-order valence-corrected chi connectivity index (χ3v) is 7.19. The SMILES string of the molecule is Cn1cc(C(=O)N2CCN(S(=O)(=O)c3ccc(C#N)cc3)CC2)c2ccccc21. The first-order valence-electron chi connectivity index (χ1n) is 9.25. The van der Waals surface area contributed by atoms with Crippen molar-refractivity contribution in [3.63, 3.8) is 0 Å². The molecular weight excluding hydrogens is 388 g/mol. The zero-order valence-electron chi connectivity index (χ0n) is 15.9. The zero-order valence-corrected chi connectivity index (χ0v) is 16.8. The Bertz CT molecular complexity index is 1220. The predicted octanol–water partition coefficient (Wildman–Crippen LogP) is 2.20. The molecule has 1 saturated heterocycles. The predicted molar refractivity (Wildman–Crippen MR) is 109 cm³/mol. The van der Waals surface area contributed by atoms with E-state index in [9.17, 15) is 13.2 Å². The number of benzene rings is 2. The number of hydrogen-bond donors (Lipinski definition) is 0. The smallest absolute Gasteiger partial charge is 0.256 e. The molecule has 0 aliphatic carbocycles. The van der Waals surface area contributed by atoms with E-state index >= 15 is 0 Å². The standard InChI is InChI=1S/C21H20N4O3S/c1-23-15-19(18-4-2-3-5-20(18)23)21(26)24-10-12-25(13-11-24)29(27,28)17-8-6-16(14-22)7-9-17/h2-9,15H,10-13H2,1H3. The molecule has 8 heteroatoms. The number of sulfonamides is 1. The third-order valence-electron chi connectivity index (χ3n) is 5.27. The van der Waals surface area contributed by atoms with Gasteiger partial charge in [-0.05, 0) is 30.3 Å². The van der Waals surface area contributed by atoms with Crippen LogP contribution in [0.1, 0.15) is 15.9 Å². The van der Waals surface area contributed by atoms with Crippen LogP contribution in [0.4, 0.5) is 0 Å². The van der Waals surface area contributed by atoms with E-state index in [0.29, 0.717) is 24.2 Å². The maximum Gasteiger partial charge on any atom is 0.256 e. The molecule has 3 aromatic rings. The molecule has 1 amide bonds. The van der Waals surface area contributed by atoms with Crippen LogP contribution in [0, 0.1) is 11.3 Å². The Labute approximate surface area is 169 Å². The van der Waals surface area contributed by atoms with Crippen molar-refractivity contribution in [3.05, 3.63) is 65.9 Å². The average molecular weight is 408 g/mol. The Balaban J connectivity index is 1.50. The third kappa shape index (κ3) is 3.39. The maximum atomic E-state index is 13.0. The summed E-state index contributed by atoms with van der Waals surface area (Å²) in [5.41, 5.74) is 2.03. The number of aryl methyl sites for hydroxylation is 1. The highest BCUT2D eigenvalue weighted by Crippen LogP contribution is 2.23. The van der Waals surface area contributed by atoms with E-state index in [1.165, 1.54) is 28.6 Å². The average Bonchev–Trinajstić information content (AvgIpc) is 3.10. The minimum atomic E-state index is -3.65. The molecule has 4 rings (SSSR count). The second kappa shape index (κ2) is 7.35. The Morgan fingerprint density at radius 1 is 1.00 bits per heavy atom. The van der Waals surface area contributed by atoms with Gasteiger partial charge in [0.1, 0.15) is 0 Å². The molecule has 0 radical (unpaired) electrons. The van der Waals surface area contributed by atoms with Gasteiger partial charge in [0, 0.05) is 50.3 Å². The largest absolute Gasteiger partial charge is 0.350 e. The van der Waals surface area contributed by atoms with E-state index in [4.69, 9.17) is 5.26 Å².